The normalized spacial score (nSPS) is 9.90. The molecule has 0 aliphatic heterocycles. The predicted molar refractivity (Wildman–Crippen MR) is 77.8 cm³/mol. The minimum Gasteiger partial charge on any atom is -0.383 e. The Hall–Kier alpha value is -2.11. The van der Waals surface area contributed by atoms with Crippen molar-refractivity contribution in [2.24, 2.45) is 5.18 Å². The first-order valence-electron chi connectivity index (χ1n) is 5.47. The number of para-hydroxylation sites is 1. The first kappa shape index (κ1) is 14.3. The van der Waals surface area contributed by atoms with Gasteiger partial charge in [0.05, 0.1) is 10.6 Å². The Kier molecular flexibility index (Phi) is 4.55. The monoisotopic (exact) mass is 310 g/mol. The summed E-state index contributed by atoms with van der Waals surface area (Å²) >= 11 is 11.2. The molecule has 2 aromatic carbocycles. The summed E-state index contributed by atoms with van der Waals surface area (Å²) < 4.78 is 4.59. The lowest BCUT2D eigenvalue weighted by Gasteiger charge is -2.09. The molecule has 0 fully saturated rings. The van der Waals surface area contributed by atoms with Gasteiger partial charge in [0.15, 0.2) is 5.75 Å². The lowest BCUT2D eigenvalue weighted by molar-refractivity contribution is 0.102. The number of rotatable bonds is 4. The van der Waals surface area contributed by atoms with E-state index in [0.29, 0.717) is 5.69 Å². The molecule has 0 spiro atoms. The Labute approximate surface area is 124 Å². The molecule has 0 unspecified atom stereocenters. The molecule has 1 N–H and O–H groups in total. The lowest BCUT2D eigenvalue weighted by atomic mass is 10.2. The van der Waals surface area contributed by atoms with Crippen LogP contribution in [0.3, 0.4) is 0 Å². The van der Waals surface area contributed by atoms with Crippen LogP contribution in [0.2, 0.25) is 5.02 Å². The van der Waals surface area contributed by atoms with Gasteiger partial charge in [-0.3, -0.25) is 4.79 Å². The lowest BCUT2D eigenvalue weighted by Crippen LogP contribution is -2.12. The fourth-order valence-corrected chi connectivity index (χ4v) is 1.99. The Morgan fingerprint density at radius 1 is 1.15 bits per heavy atom. The molecule has 0 heterocycles. The van der Waals surface area contributed by atoms with Crippen molar-refractivity contribution in [3.05, 3.63) is 58.0 Å². The van der Waals surface area contributed by atoms with Crippen LogP contribution in [-0.2, 0) is 0 Å². The molecule has 7 heteroatoms. The Bertz CT molecular complexity index is 645. The minimum absolute atomic E-state index is 0.0829. The molecule has 0 saturated heterocycles. The second-order valence-corrected chi connectivity index (χ2v) is 4.35. The highest BCUT2D eigenvalue weighted by Gasteiger charge is 2.15. The SMILES string of the molecule is O=Nc1ccc(NC(=O)c2cccc(Cl)c2OCl)cc1. The van der Waals surface area contributed by atoms with Gasteiger partial charge in [0, 0.05) is 5.69 Å². The van der Waals surface area contributed by atoms with Crippen LogP contribution in [0.5, 0.6) is 5.75 Å². The van der Waals surface area contributed by atoms with E-state index in [-0.39, 0.29) is 22.0 Å². The van der Waals surface area contributed by atoms with E-state index in [1.165, 1.54) is 18.2 Å². The third kappa shape index (κ3) is 3.07. The maximum absolute atomic E-state index is 12.1. The van der Waals surface area contributed by atoms with Gasteiger partial charge in [0.25, 0.3) is 5.91 Å². The van der Waals surface area contributed by atoms with Gasteiger partial charge in [-0.05, 0) is 41.6 Å². The number of hydrogen-bond acceptors (Lipinski definition) is 4. The van der Waals surface area contributed by atoms with Crippen LogP contribution in [0.1, 0.15) is 10.4 Å². The van der Waals surface area contributed by atoms with Gasteiger partial charge in [-0.15, -0.1) is 4.91 Å². The van der Waals surface area contributed by atoms with E-state index in [4.69, 9.17) is 23.5 Å². The fraction of sp³-hybridized carbons (Fsp3) is 0. The van der Waals surface area contributed by atoms with Gasteiger partial charge in [0.1, 0.15) is 17.6 Å². The van der Waals surface area contributed by atoms with Crippen LogP contribution in [0.4, 0.5) is 11.4 Å². The minimum atomic E-state index is -0.435. The third-order valence-electron chi connectivity index (χ3n) is 2.52. The molecule has 0 bridgehead atoms. The molecule has 2 rings (SSSR count). The molecule has 102 valence electrons. The molecule has 0 aliphatic carbocycles. The van der Waals surface area contributed by atoms with Crippen LogP contribution in [0.25, 0.3) is 0 Å². The van der Waals surface area contributed by atoms with Gasteiger partial charge in [-0.2, -0.15) is 0 Å². The number of nitrogens with zero attached hydrogens (tertiary/aromatic N) is 1. The van der Waals surface area contributed by atoms with Gasteiger partial charge in [-0.1, -0.05) is 17.7 Å². The summed E-state index contributed by atoms with van der Waals surface area (Å²) in [6.45, 7) is 0. The third-order valence-corrected chi connectivity index (χ3v) is 2.97. The quantitative estimate of drug-likeness (QED) is 0.844. The summed E-state index contributed by atoms with van der Waals surface area (Å²) in [5.74, 6) is -0.352. The summed E-state index contributed by atoms with van der Waals surface area (Å²) in [5, 5.41) is 5.63. The van der Waals surface area contributed by atoms with Crippen LogP contribution in [0.15, 0.2) is 47.6 Å². The molecular weight excluding hydrogens is 303 g/mol. The number of hydrogen-bond donors (Lipinski definition) is 1. The molecule has 0 aromatic heterocycles. The van der Waals surface area contributed by atoms with E-state index in [0.717, 1.165) is 0 Å². The molecule has 0 aliphatic rings. The molecule has 0 saturated carbocycles. The maximum atomic E-state index is 12.1. The molecule has 1 amide bonds. The summed E-state index contributed by atoms with van der Waals surface area (Å²) in [5.41, 5.74) is 0.975. The Balaban J connectivity index is 2.23. The van der Waals surface area contributed by atoms with E-state index in [2.05, 4.69) is 14.8 Å². The number of halogens is 2. The summed E-state index contributed by atoms with van der Waals surface area (Å²) in [6.07, 6.45) is 0. The zero-order valence-corrected chi connectivity index (χ0v) is 11.5. The topological polar surface area (TPSA) is 67.8 Å². The summed E-state index contributed by atoms with van der Waals surface area (Å²) in [4.78, 5) is 22.4. The molecule has 5 nitrogen and oxygen atoms in total. The van der Waals surface area contributed by atoms with E-state index in [1.54, 1.807) is 24.3 Å². The highest BCUT2D eigenvalue weighted by molar-refractivity contribution is 6.33. The molecule has 0 atom stereocenters. The van der Waals surface area contributed by atoms with Crippen LogP contribution in [-0.4, -0.2) is 5.91 Å². The van der Waals surface area contributed by atoms with E-state index < -0.39 is 5.91 Å². The smallest absolute Gasteiger partial charge is 0.259 e. The van der Waals surface area contributed by atoms with Crippen molar-refractivity contribution in [1.82, 2.24) is 0 Å². The van der Waals surface area contributed by atoms with Crippen LogP contribution >= 0.6 is 23.5 Å². The number of amides is 1. The van der Waals surface area contributed by atoms with Crippen LogP contribution in [0, 0.1) is 4.91 Å². The first-order valence-corrected chi connectivity index (χ1v) is 6.16. The Morgan fingerprint density at radius 3 is 2.45 bits per heavy atom. The average Bonchev–Trinajstić information content (AvgIpc) is 2.47. The highest BCUT2D eigenvalue weighted by Crippen LogP contribution is 2.30. The van der Waals surface area contributed by atoms with Crippen molar-refractivity contribution in [3.63, 3.8) is 0 Å². The summed E-state index contributed by atoms with van der Waals surface area (Å²) in [6, 6.07) is 10.8. The predicted octanol–water partition coefficient (Wildman–Crippen LogP) is 4.52. The highest BCUT2D eigenvalue weighted by atomic mass is 35.5. The number of carbonyl (C=O) groups excluding carboxylic acids is 1. The van der Waals surface area contributed by atoms with Gasteiger partial charge in [-0.25, -0.2) is 0 Å². The molecule has 0 radical (unpaired) electrons. The van der Waals surface area contributed by atoms with Gasteiger partial charge in [0.2, 0.25) is 0 Å². The van der Waals surface area contributed by atoms with E-state index >= 15 is 0 Å². The summed E-state index contributed by atoms with van der Waals surface area (Å²) in [7, 11) is 0. The first-order chi connectivity index (χ1) is 9.65. The maximum Gasteiger partial charge on any atom is 0.259 e. The number of anilines is 1. The fourth-order valence-electron chi connectivity index (χ4n) is 1.57. The standard InChI is InChI=1S/C13H8Cl2N2O3/c14-11-3-1-2-10(12(11)20-15)13(18)16-8-4-6-9(17-19)7-5-8/h1-7H,(H,16,18). The second-order valence-electron chi connectivity index (χ2n) is 3.79. The largest absolute Gasteiger partial charge is 0.383 e. The zero-order valence-electron chi connectivity index (χ0n) is 9.97. The van der Waals surface area contributed by atoms with E-state index in [1.807, 2.05) is 0 Å². The molecule has 20 heavy (non-hydrogen) atoms. The number of nitrogens with one attached hydrogen (secondary N) is 1. The number of benzene rings is 2. The van der Waals surface area contributed by atoms with Crippen molar-refractivity contribution >= 4 is 40.7 Å². The Morgan fingerprint density at radius 2 is 1.85 bits per heavy atom. The van der Waals surface area contributed by atoms with Crippen molar-refractivity contribution in [2.75, 3.05) is 5.32 Å². The van der Waals surface area contributed by atoms with Crippen molar-refractivity contribution in [1.29, 1.82) is 0 Å². The zero-order chi connectivity index (χ0) is 14.5. The van der Waals surface area contributed by atoms with Crippen molar-refractivity contribution in [2.45, 2.75) is 0 Å². The van der Waals surface area contributed by atoms with Crippen molar-refractivity contribution in [3.8, 4) is 5.75 Å². The molecular formula is C13H8Cl2N2O3. The van der Waals surface area contributed by atoms with E-state index in [9.17, 15) is 9.70 Å². The number of carbonyl (C=O) groups is 1. The average molecular weight is 311 g/mol. The number of nitroso groups, excluding NO2 is 1. The van der Waals surface area contributed by atoms with Gasteiger partial charge >= 0.3 is 0 Å². The molecule has 2 aromatic rings. The van der Waals surface area contributed by atoms with Crippen LogP contribution < -0.4 is 9.61 Å². The van der Waals surface area contributed by atoms with Gasteiger partial charge < -0.3 is 9.61 Å². The second kappa shape index (κ2) is 6.36. The van der Waals surface area contributed by atoms with Crippen molar-refractivity contribution < 1.29 is 9.08 Å².